The molecule has 1 aromatic carbocycles. The molecule has 0 radical (unpaired) electrons. The molecule has 0 saturated carbocycles. The molecule has 0 spiro atoms. The summed E-state index contributed by atoms with van der Waals surface area (Å²) in [6.07, 6.45) is 0. The van der Waals surface area contributed by atoms with Crippen LogP contribution in [0.4, 0.5) is 4.39 Å². The minimum absolute atomic E-state index is 0. The fraction of sp³-hybridized carbons (Fsp3) is 0.0909. The van der Waals surface area contributed by atoms with Crippen LogP contribution in [0.15, 0.2) is 35.0 Å². The molecule has 2 aromatic rings. The van der Waals surface area contributed by atoms with Crippen LogP contribution in [0.25, 0.3) is 0 Å². The van der Waals surface area contributed by atoms with Crippen LogP contribution in [-0.4, -0.2) is 0 Å². The molecule has 5 heteroatoms. The standard InChI is InChI=1S/C11H9ClFNS.ClH/c12-8-1-2-9(10(13)5-8)11(14)7-3-4-15-6-7;/h1-6,11H,14H2;1H/t11-;/m0./s1. The first-order valence-corrected chi connectivity index (χ1v) is 5.73. The van der Waals surface area contributed by atoms with Crippen LogP contribution in [-0.2, 0) is 0 Å². The molecule has 0 aliphatic carbocycles. The van der Waals surface area contributed by atoms with Crippen molar-refractivity contribution in [2.24, 2.45) is 5.73 Å². The smallest absolute Gasteiger partial charge is 0.129 e. The van der Waals surface area contributed by atoms with E-state index in [2.05, 4.69) is 0 Å². The van der Waals surface area contributed by atoms with Crippen molar-refractivity contribution in [2.75, 3.05) is 0 Å². The minimum Gasteiger partial charge on any atom is -0.320 e. The molecular formula is C11H10Cl2FNS. The van der Waals surface area contributed by atoms with Crippen LogP contribution in [0.5, 0.6) is 0 Å². The van der Waals surface area contributed by atoms with Gasteiger partial charge in [0.15, 0.2) is 0 Å². The predicted octanol–water partition coefficient (Wildman–Crippen LogP) is 4.01. The van der Waals surface area contributed by atoms with Crippen LogP contribution in [0.2, 0.25) is 5.02 Å². The first-order chi connectivity index (χ1) is 7.18. The van der Waals surface area contributed by atoms with Crippen LogP contribution < -0.4 is 5.73 Å². The van der Waals surface area contributed by atoms with Crippen molar-refractivity contribution < 1.29 is 4.39 Å². The van der Waals surface area contributed by atoms with Crippen molar-refractivity contribution in [1.29, 1.82) is 0 Å². The first-order valence-electron chi connectivity index (χ1n) is 4.41. The van der Waals surface area contributed by atoms with Gasteiger partial charge in [0, 0.05) is 10.6 Å². The Bertz CT molecular complexity index is 459. The molecule has 1 nitrogen and oxygen atoms in total. The lowest BCUT2D eigenvalue weighted by Crippen LogP contribution is -2.12. The Labute approximate surface area is 108 Å². The monoisotopic (exact) mass is 277 g/mol. The number of hydrogen-bond donors (Lipinski definition) is 1. The van der Waals surface area contributed by atoms with E-state index in [1.807, 2.05) is 16.8 Å². The summed E-state index contributed by atoms with van der Waals surface area (Å²) in [6.45, 7) is 0. The van der Waals surface area contributed by atoms with E-state index in [1.165, 1.54) is 6.07 Å². The number of benzene rings is 1. The van der Waals surface area contributed by atoms with Gasteiger partial charge in [-0.05, 0) is 34.5 Å². The summed E-state index contributed by atoms with van der Waals surface area (Å²) in [5.74, 6) is -0.360. The molecule has 86 valence electrons. The average Bonchev–Trinajstić information content (AvgIpc) is 2.69. The molecule has 0 bridgehead atoms. The third kappa shape index (κ3) is 2.74. The summed E-state index contributed by atoms with van der Waals surface area (Å²) in [6, 6.07) is 6.02. The molecule has 1 heterocycles. The Balaban J connectivity index is 0.00000128. The number of nitrogens with two attached hydrogens (primary N) is 1. The van der Waals surface area contributed by atoms with Crippen LogP contribution in [0.3, 0.4) is 0 Å². The van der Waals surface area contributed by atoms with Gasteiger partial charge in [-0.25, -0.2) is 4.39 Å². The molecule has 1 aromatic heterocycles. The zero-order valence-electron chi connectivity index (χ0n) is 8.19. The predicted molar refractivity (Wildman–Crippen MR) is 69.0 cm³/mol. The molecule has 1 atom stereocenters. The fourth-order valence-corrected chi connectivity index (χ4v) is 2.24. The van der Waals surface area contributed by atoms with Gasteiger partial charge < -0.3 is 5.73 Å². The largest absolute Gasteiger partial charge is 0.320 e. The third-order valence-corrected chi connectivity index (χ3v) is 3.14. The van der Waals surface area contributed by atoms with Gasteiger partial charge in [-0.15, -0.1) is 12.4 Å². The summed E-state index contributed by atoms with van der Waals surface area (Å²) in [5, 5.41) is 4.22. The van der Waals surface area contributed by atoms with Gasteiger partial charge in [0.1, 0.15) is 5.82 Å². The van der Waals surface area contributed by atoms with Gasteiger partial charge in [-0.2, -0.15) is 11.3 Å². The van der Waals surface area contributed by atoms with Gasteiger partial charge in [0.05, 0.1) is 6.04 Å². The summed E-state index contributed by atoms with van der Waals surface area (Å²) in [4.78, 5) is 0. The molecular weight excluding hydrogens is 268 g/mol. The topological polar surface area (TPSA) is 26.0 Å². The Morgan fingerprint density at radius 1 is 1.31 bits per heavy atom. The van der Waals surface area contributed by atoms with Crippen molar-refractivity contribution in [3.05, 3.63) is 57.0 Å². The molecule has 0 amide bonds. The normalized spacial score (nSPS) is 11.9. The number of thiophene rings is 1. The summed E-state index contributed by atoms with van der Waals surface area (Å²) in [5.41, 5.74) is 7.32. The fourth-order valence-electron chi connectivity index (χ4n) is 1.39. The maximum Gasteiger partial charge on any atom is 0.129 e. The van der Waals surface area contributed by atoms with Gasteiger partial charge >= 0.3 is 0 Å². The van der Waals surface area contributed by atoms with Gasteiger partial charge in [0.25, 0.3) is 0 Å². The Kier molecular flexibility index (Phi) is 4.74. The van der Waals surface area contributed by atoms with E-state index in [9.17, 15) is 4.39 Å². The van der Waals surface area contributed by atoms with Crippen molar-refractivity contribution >= 4 is 35.3 Å². The molecule has 16 heavy (non-hydrogen) atoms. The zero-order valence-corrected chi connectivity index (χ0v) is 10.6. The second-order valence-electron chi connectivity index (χ2n) is 3.20. The number of hydrogen-bond acceptors (Lipinski definition) is 2. The average molecular weight is 278 g/mol. The number of rotatable bonds is 2. The Morgan fingerprint density at radius 2 is 2.06 bits per heavy atom. The highest BCUT2D eigenvalue weighted by Gasteiger charge is 2.13. The highest BCUT2D eigenvalue weighted by molar-refractivity contribution is 7.08. The van der Waals surface area contributed by atoms with Crippen molar-refractivity contribution in [2.45, 2.75) is 6.04 Å². The van der Waals surface area contributed by atoms with Crippen LogP contribution >= 0.6 is 35.3 Å². The minimum atomic E-state index is -0.423. The van der Waals surface area contributed by atoms with Crippen LogP contribution in [0.1, 0.15) is 17.2 Å². The van der Waals surface area contributed by atoms with Crippen LogP contribution in [0, 0.1) is 5.82 Å². The van der Waals surface area contributed by atoms with E-state index >= 15 is 0 Å². The highest BCUT2D eigenvalue weighted by Crippen LogP contribution is 2.25. The lowest BCUT2D eigenvalue weighted by molar-refractivity contribution is 0.600. The van der Waals surface area contributed by atoms with Crippen molar-refractivity contribution in [1.82, 2.24) is 0 Å². The molecule has 0 fully saturated rings. The van der Waals surface area contributed by atoms with E-state index in [4.69, 9.17) is 17.3 Å². The van der Waals surface area contributed by atoms with Gasteiger partial charge in [-0.1, -0.05) is 17.7 Å². The van der Waals surface area contributed by atoms with E-state index < -0.39 is 6.04 Å². The second kappa shape index (κ2) is 5.64. The lowest BCUT2D eigenvalue weighted by Gasteiger charge is -2.11. The van der Waals surface area contributed by atoms with E-state index in [0.29, 0.717) is 10.6 Å². The molecule has 0 aliphatic heterocycles. The second-order valence-corrected chi connectivity index (χ2v) is 4.42. The molecule has 0 saturated heterocycles. The van der Waals surface area contributed by atoms with E-state index in [0.717, 1.165) is 5.56 Å². The zero-order chi connectivity index (χ0) is 10.8. The van der Waals surface area contributed by atoms with E-state index in [-0.39, 0.29) is 18.2 Å². The van der Waals surface area contributed by atoms with E-state index in [1.54, 1.807) is 23.5 Å². The molecule has 0 aliphatic rings. The summed E-state index contributed by atoms with van der Waals surface area (Å²) < 4.78 is 13.5. The Morgan fingerprint density at radius 3 is 2.62 bits per heavy atom. The third-order valence-electron chi connectivity index (χ3n) is 2.20. The lowest BCUT2D eigenvalue weighted by atomic mass is 10.0. The van der Waals surface area contributed by atoms with Gasteiger partial charge in [0.2, 0.25) is 0 Å². The summed E-state index contributed by atoms with van der Waals surface area (Å²) in [7, 11) is 0. The van der Waals surface area contributed by atoms with Crippen molar-refractivity contribution in [3.63, 3.8) is 0 Å². The molecule has 0 unspecified atom stereocenters. The van der Waals surface area contributed by atoms with Crippen molar-refractivity contribution in [3.8, 4) is 0 Å². The van der Waals surface area contributed by atoms with Gasteiger partial charge in [-0.3, -0.25) is 0 Å². The first kappa shape index (κ1) is 13.5. The molecule has 2 N–H and O–H groups in total. The maximum absolute atomic E-state index is 13.5. The Hall–Kier alpha value is -0.610. The SMILES string of the molecule is Cl.N[C@@H](c1ccsc1)c1ccc(Cl)cc1F. The summed E-state index contributed by atoms with van der Waals surface area (Å²) >= 11 is 7.21. The number of halogens is 3. The quantitative estimate of drug-likeness (QED) is 0.882. The maximum atomic E-state index is 13.5. The molecule has 2 rings (SSSR count). The highest BCUT2D eigenvalue weighted by atomic mass is 35.5.